The van der Waals surface area contributed by atoms with Gasteiger partial charge in [0.15, 0.2) is 5.11 Å². The van der Waals surface area contributed by atoms with E-state index in [0.717, 1.165) is 50.3 Å². The molecule has 0 amide bonds. The van der Waals surface area contributed by atoms with Crippen LogP contribution in [0.4, 0.5) is 23.1 Å². The number of ether oxygens (including phenoxy) is 1. The van der Waals surface area contributed by atoms with Gasteiger partial charge in [0.05, 0.1) is 23.8 Å². The van der Waals surface area contributed by atoms with Gasteiger partial charge >= 0.3 is 0 Å². The van der Waals surface area contributed by atoms with E-state index in [0.29, 0.717) is 22.6 Å². The molecule has 188 valence electrons. The minimum Gasteiger partial charge on any atom is -0.496 e. The minimum atomic E-state index is -0.450. The van der Waals surface area contributed by atoms with E-state index < -0.39 is 4.92 Å². The average Bonchev–Trinajstić information content (AvgIpc) is 2.84. The molecule has 35 heavy (non-hydrogen) atoms. The van der Waals surface area contributed by atoms with Crippen LogP contribution < -0.4 is 25.6 Å². The fourth-order valence-corrected chi connectivity index (χ4v) is 5.09. The molecule has 1 aromatic heterocycles. The first-order chi connectivity index (χ1) is 16.8. The van der Waals surface area contributed by atoms with Crippen molar-refractivity contribution in [3.63, 3.8) is 0 Å². The molecular weight excluding hydrogens is 466 g/mol. The number of nitro groups is 1. The van der Waals surface area contributed by atoms with Gasteiger partial charge in [-0.15, -0.1) is 0 Å². The van der Waals surface area contributed by atoms with E-state index in [9.17, 15) is 10.1 Å². The van der Waals surface area contributed by atoms with Crippen LogP contribution in [0.25, 0.3) is 0 Å². The summed E-state index contributed by atoms with van der Waals surface area (Å²) in [5.41, 5.74) is 2.73. The molecular formula is C24H33N7O3S. The van der Waals surface area contributed by atoms with Crippen LogP contribution in [0.2, 0.25) is 0 Å². The number of aryl methyl sites for hydroxylation is 1. The molecule has 0 aliphatic heterocycles. The number of methoxy groups -OCH3 is 1. The Kier molecular flexibility index (Phi) is 7.84. The zero-order valence-electron chi connectivity index (χ0n) is 20.5. The Morgan fingerprint density at radius 3 is 2.54 bits per heavy atom. The molecule has 0 atom stereocenters. The molecule has 1 saturated carbocycles. The van der Waals surface area contributed by atoms with Crippen molar-refractivity contribution in [2.24, 2.45) is 0 Å². The SMILES string of the molecule is COc1ccc(NC(=S)NC2CCC(Nc3nc4c(c(N(C)C)n3)CCCC4)CC2)c([N+](=O)[O-])c1. The highest BCUT2D eigenvalue weighted by Gasteiger charge is 2.25. The lowest BCUT2D eigenvalue weighted by Gasteiger charge is -2.31. The second-order valence-electron chi connectivity index (χ2n) is 9.33. The van der Waals surface area contributed by atoms with Crippen molar-refractivity contribution in [2.45, 2.75) is 63.5 Å². The maximum Gasteiger partial charge on any atom is 0.296 e. The highest BCUT2D eigenvalue weighted by atomic mass is 32.1. The minimum absolute atomic E-state index is 0.0800. The Morgan fingerprint density at radius 1 is 1.14 bits per heavy atom. The van der Waals surface area contributed by atoms with Crippen LogP contribution in [0.5, 0.6) is 5.75 Å². The molecule has 0 radical (unpaired) electrons. The maximum absolute atomic E-state index is 11.4. The number of nitrogens with one attached hydrogen (secondary N) is 3. The quantitative estimate of drug-likeness (QED) is 0.293. The van der Waals surface area contributed by atoms with E-state index in [-0.39, 0.29) is 11.7 Å². The van der Waals surface area contributed by atoms with Crippen molar-refractivity contribution in [1.82, 2.24) is 15.3 Å². The van der Waals surface area contributed by atoms with Gasteiger partial charge in [0.2, 0.25) is 5.95 Å². The van der Waals surface area contributed by atoms with E-state index in [1.54, 1.807) is 12.1 Å². The number of fused-ring (bicyclic) bond motifs is 1. The van der Waals surface area contributed by atoms with Crippen molar-refractivity contribution in [1.29, 1.82) is 0 Å². The molecule has 4 rings (SSSR count). The van der Waals surface area contributed by atoms with Gasteiger partial charge in [-0.2, -0.15) is 4.98 Å². The Balaban J connectivity index is 1.32. The number of aromatic nitrogens is 2. The van der Waals surface area contributed by atoms with Gasteiger partial charge in [0.1, 0.15) is 17.3 Å². The molecule has 0 saturated heterocycles. The number of hydrogen-bond donors (Lipinski definition) is 3. The largest absolute Gasteiger partial charge is 0.496 e. The van der Waals surface area contributed by atoms with Gasteiger partial charge in [-0.3, -0.25) is 10.1 Å². The molecule has 10 nitrogen and oxygen atoms in total. The van der Waals surface area contributed by atoms with Crippen LogP contribution in [0.1, 0.15) is 49.8 Å². The van der Waals surface area contributed by atoms with Crippen molar-refractivity contribution in [2.75, 3.05) is 36.7 Å². The monoisotopic (exact) mass is 499 g/mol. The second kappa shape index (κ2) is 11.0. The third-order valence-corrected chi connectivity index (χ3v) is 6.85. The molecule has 3 N–H and O–H groups in total. The first kappa shape index (κ1) is 24.9. The molecule has 11 heteroatoms. The van der Waals surface area contributed by atoms with Crippen LogP contribution in [0.3, 0.4) is 0 Å². The molecule has 0 bridgehead atoms. The molecule has 1 fully saturated rings. The number of thiocarbonyl (C=S) groups is 1. The summed E-state index contributed by atoms with van der Waals surface area (Å²) in [6.07, 6.45) is 8.21. The number of hydrogen-bond acceptors (Lipinski definition) is 8. The lowest BCUT2D eigenvalue weighted by atomic mass is 9.91. The zero-order valence-corrected chi connectivity index (χ0v) is 21.3. The number of nitrogens with zero attached hydrogens (tertiary/aromatic N) is 4. The van der Waals surface area contributed by atoms with Crippen molar-refractivity contribution in [3.8, 4) is 5.75 Å². The van der Waals surface area contributed by atoms with E-state index in [4.69, 9.17) is 26.9 Å². The van der Waals surface area contributed by atoms with Gasteiger partial charge < -0.3 is 25.6 Å². The first-order valence-corrected chi connectivity index (χ1v) is 12.5. The molecule has 0 spiro atoms. The Hall–Kier alpha value is -3.21. The predicted molar refractivity (Wildman–Crippen MR) is 142 cm³/mol. The van der Waals surface area contributed by atoms with Crippen molar-refractivity contribution >= 4 is 40.5 Å². The average molecular weight is 500 g/mol. The standard InChI is InChI=1S/C24H33N7O3S/c1-30(2)22-18-6-4-5-7-19(18)27-23(29-22)25-15-8-10-16(11-9-15)26-24(35)28-20-13-12-17(34-3)14-21(20)31(32)33/h12-16H,4-11H2,1-3H3,(H,25,27,29)(H2,26,28,35). The lowest BCUT2D eigenvalue weighted by Crippen LogP contribution is -2.42. The van der Waals surface area contributed by atoms with Gasteiger partial charge in [-0.05, 0) is 75.7 Å². The molecule has 2 aliphatic carbocycles. The maximum atomic E-state index is 11.4. The van der Waals surface area contributed by atoms with Crippen LogP contribution in [-0.2, 0) is 12.8 Å². The van der Waals surface area contributed by atoms with Crippen molar-refractivity contribution in [3.05, 3.63) is 39.6 Å². The second-order valence-corrected chi connectivity index (χ2v) is 9.74. The third-order valence-electron chi connectivity index (χ3n) is 6.63. The summed E-state index contributed by atoms with van der Waals surface area (Å²) >= 11 is 5.44. The predicted octanol–water partition coefficient (Wildman–Crippen LogP) is 4.05. The van der Waals surface area contributed by atoms with Crippen LogP contribution in [0, 0.1) is 10.1 Å². The van der Waals surface area contributed by atoms with Gasteiger partial charge in [-0.1, -0.05) is 0 Å². The molecule has 0 unspecified atom stereocenters. The van der Waals surface area contributed by atoms with Crippen LogP contribution >= 0.6 is 12.2 Å². The number of rotatable bonds is 7. The molecule has 1 aromatic carbocycles. The van der Waals surface area contributed by atoms with Crippen molar-refractivity contribution < 1.29 is 9.66 Å². The topological polar surface area (TPSA) is 117 Å². The molecule has 2 aliphatic rings. The fourth-order valence-electron chi connectivity index (χ4n) is 4.81. The number of benzene rings is 1. The first-order valence-electron chi connectivity index (χ1n) is 12.1. The third kappa shape index (κ3) is 6.08. The van der Waals surface area contributed by atoms with E-state index in [1.807, 2.05) is 14.1 Å². The van der Waals surface area contributed by atoms with E-state index in [2.05, 4.69) is 20.9 Å². The highest BCUT2D eigenvalue weighted by Crippen LogP contribution is 2.30. The van der Waals surface area contributed by atoms with E-state index >= 15 is 0 Å². The van der Waals surface area contributed by atoms with Crippen LogP contribution in [0.15, 0.2) is 18.2 Å². The number of anilines is 3. The highest BCUT2D eigenvalue weighted by molar-refractivity contribution is 7.80. The lowest BCUT2D eigenvalue weighted by molar-refractivity contribution is -0.384. The molecule has 1 heterocycles. The Morgan fingerprint density at radius 2 is 1.86 bits per heavy atom. The van der Waals surface area contributed by atoms with Crippen LogP contribution in [-0.4, -0.2) is 53.3 Å². The van der Waals surface area contributed by atoms with Gasteiger partial charge in [0.25, 0.3) is 5.69 Å². The normalized spacial score (nSPS) is 19.3. The Bertz CT molecular complexity index is 1090. The zero-order chi connectivity index (χ0) is 24.9. The summed E-state index contributed by atoms with van der Waals surface area (Å²) in [7, 11) is 5.55. The fraction of sp³-hybridized carbons (Fsp3) is 0.542. The summed E-state index contributed by atoms with van der Waals surface area (Å²) in [5.74, 6) is 2.17. The molecule has 2 aromatic rings. The number of nitro benzene ring substituents is 1. The van der Waals surface area contributed by atoms with E-state index in [1.165, 1.54) is 37.3 Å². The summed E-state index contributed by atoms with van der Waals surface area (Å²) in [5, 5.41) is 21.6. The van der Waals surface area contributed by atoms with Gasteiger partial charge in [-0.25, -0.2) is 4.98 Å². The Labute approximate surface area is 211 Å². The van der Waals surface area contributed by atoms with Gasteiger partial charge in [0, 0.05) is 31.7 Å². The smallest absolute Gasteiger partial charge is 0.296 e. The summed E-state index contributed by atoms with van der Waals surface area (Å²) < 4.78 is 5.09. The summed E-state index contributed by atoms with van der Waals surface area (Å²) in [4.78, 5) is 22.7. The summed E-state index contributed by atoms with van der Waals surface area (Å²) in [6, 6.07) is 5.15. The summed E-state index contributed by atoms with van der Waals surface area (Å²) in [6.45, 7) is 0.